The first-order chi connectivity index (χ1) is 11.0. The lowest BCUT2D eigenvalue weighted by molar-refractivity contribution is -0.615. The molecular weight excluding hydrogens is 392 g/mol. The summed E-state index contributed by atoms with van der Waals surface area (Å²) < 4.78 is 127. The van der Waals surface area contributed by atoms with E-state index in [1.54, 1.807) is 0 Å². The number of sulfonamides is 1. The zero-order valence-corrected chi connectivity index (χ0v) is 13.2. The maximum absolute atomic E-state index is 13.5. The van der Waals surface area contributed by atoms with E-state index < -0.39 is 33.9 Å². The summed E-state index contributed by atoms with van der Waals surface area (Å²) in [5, 5.41) is -6.36. The molecule has 14 heteroatoms. The van der Waals surface area contributed by atoms with E-state index in [1.165, 1.54) is 19.9 Å². The number of aromatic nitrogens is 1. The molecule has 0 saturated carbocycles. The minimum atomic E-state index is -6.50. The van der Waals surface area contributed by atoms with E-state index in [-0.39, 0.29) is 4.68 Å². The molecular formula is C11H10F8N2O3S. The fraction of sp³-hybridized carbons (Fsp3) is 0.545. The van der Waals surface area contributed by atoms with Crippen molar-refractivity contribution >= 4 is 10.0 Å². The zero-order valence-electron chi connectivity index (χ0n) is 12.4. The molecule has 0 aliphatic heterocycles. The van der Waals surface area contributed by atoms with Gasteiger partial charge in [-0.3, -0.25) is 0 Å². The summed E-state index contributed by atoms with van der Waals surface area (Å²) in [5.74, 6) is 0. The minimum Gasteiger partial charge on any atom is -0.317 e. The predicted molar refractivity (Wildman–Crippen MR) is 65.7 cm³/mol. The molecule has 0 aliphatic carbocycles. The first-order valence-electron chi connectivity index (χ1n) is 6.11. The Morgan fingerprint density at radius 2 is 1.48 bits per heavy atom. The quantitative estimate of drug-likeness (QED) is 0.520. The summed E-state index contributed by atoms with van der Waals surface area (Å²) in [6.07, 6.45) is -15.7. The van der Waals surface area contributed by atoms with Crippen molar-refractivity contribution in [2.45, 2.75) is 37.7 Å². The number of rotatable bonds is 7. The van der Waals surface area contributed by atoms with Crippen molar-refractivity contribution in [2.24, 2.45) is 0 Å². The van der Waals surface area contributed by atoms with Gasteiger partial charge in [0, 0.05) is 11.1 Å². The Hall–Kier alpha value is -1.70. The van der Waals surface area contributed by atoms with Crippen LogP contribution < -0.4 is 4.68 Å². The van der Waals surface area contributed by atoms with Gasteiger partial charge in [-0.15, -0.1) is 0 Å². The van der Waals surface area contributed by atoms with E-state index in [0.717, 1.165) is 12.4 Å². The molecule has 0 bridgehead atoms. The lowest BCUT2D eigenvalue weighted by Crippen LogP contribution is -2.54. The standard InChI is InChI=1S/C11H10F8N2O3S/c1-6-3-7(2)5-21(4-6)20-25(22,23)11(18,19)10(16,17)24-9(14,15)8(12)13/h3-5,8H,1-2H3. The molecule has 1 heterocycles. The van der Waals surface area contributed by atoms with E-state index in [9.17, 15) is 43.5 Å². The molecule has 0 aliphatic rings. The van der Waals surface area contributed by atoms with Gasteiger partial charge in [-0.2, -0.15) is 26.3 Å². The number of alkyl halides is 8. The van der Waals surface area contributed by atoms with Crippen molar-refractivity contribution in [3.8, 4) is 0 Å². The van der Waals surface area contributed by atoms with Crippen LogP contribution in [0.15, 0.2) is 18.5 Å². The molecule has 0 aromatic carbocycles. The highest BCUT2D eigenvalue weighted by Crippen LogP contribution is 2.45. The molecule has 1 rings (SSSR count). The largest absolute Gasteiger partial charge is 0.438 e. The Labute approximate surface area is 136 Å². The fourth-order valence-electron chi connectivity index (χ4n) is 1.54. The molecule has 144 valence electrons. The van der Waals surface area contributed by atoms with Gasteiger partial charge < -0.3 is 4.83 Å². The zero-order chi connectivity index (χ0) is 19.8. The third-order valence-electron chi connectivity index (χ3n) is 2.51. The number of pyridine rings is 1. The second kappa shape index (κ2) is 6.55. The summed E-state index contributed by atoms with van der Waals surface area (Å²) in [4.78, 5) is 2.37. The van der Waals surface area contributed by atoms with Crippen LogP contribution in [0.25, 0.3) is 4.83 Å². The van der Waals surface area contributed by atoms with Crippen LogP contribution in [0, 0.1) is 13.8 Å². The number of nitrogens with zero attached hydrogens (tertiary/aromatic N) is 2. The predicted octanol–water partition coefficient (Wildman–Crippen LogP) is 3.12. The van der Waals surface area contributed by atoms with Crippen LogP contribution in [-0.4, -0.2) is 32.3 Å². The fourth-order valence-corrected chi connectivity index (χ4v) is 2.32. The minimum absolute atomic E-state index is 0.231. The summed E-state index contributed by atoms with van der Waals surface area (Å²) in [5.41, 5.74) is 0.601. The van der Waals surface area contributed by atoms with Crippen LogP contribution in [0.4, 0.5) is 35.1 Å². The Bertz CT molecular complexity index is 719. The Morgan fingerprint density at radius 3 is 1.88 bits per heavy atom. The van der Waals surface area contributed by atoms with Crippen LogP contribution in [0.5, 0.6) is 0 Å². The maximum atomic E-state index is 13.5. The molecule has 0 amide bonds. The molecule has 25 heavy (non-hydrogen) atoms. The average Bonchev–Trinajstić information content (AvgIpc) is 2.34. The van der Waals surface area contributed by atoms with Gasteiger partial charge in [-0.1, -0.05) is 0 Å². The van der Waals surface area contributed by atoms with Gasteiger partial charge in [0.25, 0.3) is 0 Å². The van der Waals surface area contributed by atoms with Crippen LogP contribution in [0.1, 0.15) is 11.1 Å². The van der Waals surface area contributed by atoms with E-state index in [2.05, 4.69) is 9.57 Å². The summed E-state index contributed by atoms with van der Waals surface area (Å²) in [6.45, 7) is 2.79. The Kier molecular flexibility index (Phi) is 5.59. The molecule has 0 atom stereocenters. The van der Waals surface area contributed by atoms with Crippen molar-refractivity contribution in [3.63, 3.8) is 0 Å². The lowest BCUT2D eigenvalue weighted by atomic mass is 10.2. The second-order valence-electron chi connectivity index (χ2n) is 4.83. The van der Waals surface area contributed by atoms with Crippen molar-refractivity contribution in [3.05, 3.63) is 34.4 Å². The van der Waals surface area contributed by atoms with Crippen LogP contribution >= 0.6 is 0 Å². The van der Waals surface area contributed by atoms with Gasteiger partial charge >= 0.3 is 23.9 Å². The number of hydrogen-bond acceptors (Lipinski definition) is 3. The third-order valence-corrected chi connectivity index (χ3v) is 3.80. The molecule has 0 spiro atoms. The number of hydrogen-bond donors (Lipinski definition) is 0. The monoisotopic (exact) mass is 402 g/mol. The van der Waals surface area contributed by atoms with Crippen LogP contribution in [0.2, 0.25) is 0 Å². The van der Waals surface area contributed by atoms with Crippen molar-refractivity contribution < 1.29 is 53.0 Å². The third kappa shape index (κ3) is 4.48. The first-order valence-corrected chi connectivity index (χ1v) is 7.55. The van der Waals surface area contributed by atoms with E-state index in [1.807, 2.05) is 0 Å². The number of aryl methyl sites for hydroxylation is 2. The first kappa shape index (κ1) is 21.3. The summed E-state index contributed by atoms with van der Waals surface area (Å²) in [6, 6.07) is 1.46. The topological polar surface area (TPSA) is 61.3 Å². The average molecular weight is 402 g/mol. The molecule has 5 nitrogen and oxygen atoms in total. The van der Waals surface area contributed by atoms with Crippen LogP contribution in [-0.2, 0) is 14.8 Å². The molecule has 0 N–H and O–H groups in total. The van der Waals surface area contributed by atoms with Gasteiger partial charge in [0.1, 0.15) is 0 Å². The SMILES string of the molecule is Cc1cc(C)c[n+]([N-]S(=O)(=O)C(F)(F)C(F)(F)OC(F)(F)C(F)F)c1. The normalized spacial score (nSPS) is 14.0. The Morgan fingerprint density at radius 1 is 1.04 bits per heavy atom. The summed E-state index contributed by atoms with van der Waals surface area (Å²) in [7, 11) is -6.50. The molecule has 0 unspecified atom stereocenters. The van der Waals surface area contributed by atoms with E-state index >= 15 is 0 Å². The van der Waals surface area contributed by atoms with Crippen molar-refractivity contribution in [2.75, 3.05) is 0 Å². The molecule has 0 radical (unpaired) electrons. The molecule has 0 fully saturated rings. The van der Waals surface area contributed by atoms with Crippen LogP contribution in [0.3, 0.4) is 0 Å². The van der Waals surface area contributed by atoms with Crippen molar-refractivity contribution in [1.82, 2.24) is 0 Å². The van der Waals surface area contributed by atoms with Gasteiger partial charge in [-0.05, 0) is 19.9 Å². The second-order valence-corrected chi connectivity index (χ2v) is 6.45. The maximum Gasteiger partial charge on any atom is 0.438 e. The van der Waals surface area contributed by atoms with Gasteiger partial charge in [0.2, 0.25) is 10.0 Å². The van der Waals surface area contributed by atoms with E-state index in [0.29, 0.717) is 11.1 Å². The highest BCUT2D eigenvalue weighted by Gasteiger charge is 2.69. The number of ether oxygens (including phenoxy) is 1. The van der Waals surface area contributed by atoms with Crippen molar-refractivity contribution in [1.29, 1.82) is 0 Å². The van der Waals surface area contributed by atoms with Gasteiger partial charge in [-0.25, -0.2) is 26.6 Å². The van der Waals surface area contributed by atoms with Gasteiger partial charge in [0.15, 0.2) is 12.4 Å². The molecule has 1 aromatic heterocycles. The smallest absolute Gasteiger partial charge is 0.317 e. The number of halogens is 8. The highest BCUT2D eigenvalue weighted by atomic mass is 32.2. The van der Waals surface area contributed by atoms with Gasteiger partial charge in [0.05, 0.1) is 0 Å². The molecule has 0 saturated heterocycles. The molecule has 1 aromatic rings. The van der Waals surface area contributed by atoms with E-state index in [4.69, 9.17) is 0 Å². The lowest BCUT2D eigenvalue weighted by Gasteiger charge is -2.31. The Balaban J connectivity index is 3.20. The highest BCUT2D eigenvalue weighted by molar-refractivity contribution is 7.94. The summed E-state index contributed by atoms with van der Waals surface area (Å²) >= 11 is 0.